The standard InChI is InChI=1S/C45H60N4O6/c1-6-49-42-12-11-34(36-21-32(22-38(53)24-36)9-7-10-33-23-35(33)13-20-51)25-39(42)41(27-45(3,4)29-55-30-52)44(49)40-26-37(28-46-43(40)31(2)54-5)48-17-15-47(16-18-48)14-8-19-50/h11-12,20-22,24-26,28,30-31,33,35,50,53H,6-10,13-19,23,27,29H2,1-5H3. The van der Waals surface area contributed by atoms with Crippen molar-refractivity contribution in [3.63, 3.8) is 0 Å². The van der Waals surface area contributed by atoms with Gasteiger partial charge in [-0.25, -0.2) is 0 Å². The molecule has 4 aromatic rings. The van der Waals surface area contributed by atoms with Gasteiger partial charge in [0.15, 0.2) is 0 Å². The number of aldehydes is 1. The van der Waals surface area contributed by atoms with E-state index in [1.165, 1.54) is 0 Å². The maximum absolute atomic E-state index is 11.4. The quantitative estimate of drug-likeness (QED) is 0.0881. The van der Waals surface area contributed by atoms with Crippen LogP contribution in [0.1, 0.15) is 82.7 Å². The molecule has 10 heteroatoms. The fourth-order valence-electron chi connectivity index (χ4n) is 8.62. The Morgan fingerprint density at radius 3 is 2.53 bits per heavy atom. The molecule has 2 aliphatic rings. The Morgan fingerprint density at radius 1 is 1.02 bits per heavy atom. The van der Waals surface area contributed by atoms with Crippen LogP contribution in [-0.4, -0.2) is 90.5 Å². The summed E-state index contributed by atoms with van der Waals surface area (Å²) in [4.78, 5) is 32.2. The molecule has 0 spiro atoms. The third-order valence-corrected chi connectivity index (χ3v) is 11.8. The minimum Gasteiger partial charge on any atom is -0.508 e. The number of fused-ring (bicyclic) bond motifs is 1. The summed E-state index contributed by atoms with van der Waals surface area (Å²) in [5, 5.41) is 21.4. The molecule has 1 saturated carbocycles. The van der Waals surface area contributed by atoms with E-state index in [-0.39, 0.29) is 30.5 Å². The van der Waals surface area contributed by atoms with Gasteiger partial charge in [-0.05, 0) is 117 Å². The van der Waals surface area contributed by atoms with Crippen molar-refractivity contribution in [1.29, 1.82) is 0 Å². The maximum atomic E-state index is 11.4. The average molecular weight is 753 g/mol. The summed E-state index contributed by atoms with van der Waals surface area (Å²) in [5.74, 6) is 1.46. The normalized spacial score (nSPS) is 18.1. The Kier molecular flexibility index (Phi) is 13.3. The molecule has 1 aliphatic carbocycles. The van der Waals surface area contributed by atoms with Crippen LogP contribution in [0, 0.1) is 17.3 Å². The molecule has 10 nitrogen and oxygen atoms in total. The van der Waals surface area contributed by atoms with Crippen LogP contribution in [0.5, 0.6) is 5.75 Å². The van der Waals surface area contributed by atoms with Crippen LogP contribution in [0.4, 0.5) is 5.69 Å². The predicted octanol–water partition coefficient (Wildman–Crippen LogP) is 7.60. The van der Waals surface area contributed by atoms with Crippen LogP contribution >= 0.6 is 0 Å². The number of carbonyl (C=O) groups excluding carboxylic acids is 2. The second kappa shape index (κ2) is 18.1. The fourth-order valence-corrected chi connectivity index (χ4v) is 8.62. The number of phenolic OH excluding ortho intramolecular Hbond substituents is 1. The third-order valence-electron chi connectivity index (χ3n) is 11.8. The molecule has 3 unspecified atom stereocenters. The number of aliphatic hydroxyl groups is 1. The molecule has 2 fully saturated rings. The van der Waals surface area contributed by atoms with Crippen molar-refractivity contribution in [3.05, 3.63) is 65.5 Å². The minimum absolute atomic E-state index is 0.209. The number of nitrogens with zero attached hydrogens (tertiary/aromatic N) is 4. The van der Waals surface area contributed by atoms with Crippen LogP contribution in [0.15, 0.2) is 48.7 Å². The lowest BCUT2D eigenvalue weighted by molar-refractivity contribution is -0.131. The summed E-state index contributed by atoms with van der Waals surface area (Å²) in [7, 11) is 1.72. The van der Waals surface area contributed by atoms with Gasteiger partial charge in [-0.15, -0.1) is 0 Å². The van der Waals surface area contributed by atoms with E-state index in [1.807, 2.05) is 25.3 Å². The molecule has 0 bridgehead atoms. The van der Waals surface area contributed by atoms with Gasteiger partial charge in [-0.3, -0.25) is 14.7 Å². The maximum Gasteiger partial charge on any atom is 0.293 e. The van der Waals surface area contributed by atoms with Crippen molar-refractivity contribution < 1.29 is 29.3 Å². The highest BCUT2D eigenvalue weighted by Crippen LogP contribution is 2.45. The summed E-state index contributed by atoms with van der Waals surface area (Å²) < 4.78 is 13.7. The molecule has 2 aromatic carbocycles. The number of anilines is 1. The van der Waals surface area contributed by atoms with Crippen molar-refractivity contribution in [1.82, 2.24) is 14.5 Å². The van der Waals surface area contributed by atoms with Crippen LogP contribution in [-0.2, 0) is 38.4 Å². The number of aromatic nitrogens is 2. The lowest BCUT2D eigenvalue weighted by Gasteiger charge is -2.36. The van der Waals surface area contributed by atoms with Gasteiger partial charge < -0.3 is 33.9 Å². The molecule has 55 heavy (non-hydrogen) atoms. The molecular weight excluding hydrogens is 693 g/mol. The number of rotatable bonds is 20. The zero-order valence-corrected chi connectivity index (χ0v) is 33.4. The second-order valence-electron chi connectivity index (χ2n) is 16.4. The van der Waals surface area contributed by atoms with E-state index in [0.717, 1.165) is 133 Å². The number of pyridine rings is 1. The second-order valence-corrected chi connectivity index (χ2v) is 16.4. The van der Waals surface area contributed by atoms with Crippen molar-refractivity contribution in [2.24, 2.45) is 17.3 Å². The molecule has 0 radical (unpaired) electrons. The SMILES string of the molecule is CCn1c(-c2cc(N3CCN(CCCO)CC3)cnc2C(C)OC)c(CC(C)(C)COC=O)c2cc(-c3cc(O)cc(CCCC4CC4CC=O)c3)ccc21. The van der Waals surface area contributed by atoms with E-state index in [0.29, 0.717) is 31.1 Å². The van der Waals surface area contributed by atoms with Gasteiger partial charge >= 0.3 is 0 Å². The Morgan fingerprint density at radius 2 is 1.82 bits per heavy atom. The number of piperazine rings is 1. The monoisotopic (exact) mass is 752 g/mol. The summed E-state index contributed by atoms with van der Waals surface area (Å²) >= 11 is 0. The smallest absolute Gasteiger partial charge is 0.293 e. The van der Waals surface area contributed by atoms with Crippen LogP contribution in [0.2, 0.25) is 0 Å². The van der Waals surface area contributed by atoms with Crippen LogP contribution < -0.4 is 4.90 Å². The minimum atomic E-state index is -0.369. The number of ether oxygens (including phenoxy) is 2. The van der Waals surface area contributed by atoms with E-state index >= 15 is 0 Å². The number of benzene rings is 2. The topological polar surface area (TPSA) is 117 Å². The molecule has 0 amide bonds. The van der Waals surface area contributed by atoms with E-state index < -0.39 is 0 Å². The Bertz CT molecular complexity index is 1930. The largest absolute Gasteiger partial charge is 0.508 e. The Balaban J connectivity index is 1.43. The van der Waals surface area contributed by atoms with Gasteiger partial charge in [0.05, 0.1) is 36.0 Å². The number of hydrogen-bond acceptors (Lipinski definition) is 9. The van der Waals surface area contributed by atoms with E-state index in [9.17, 15) is 19.8 Å². The first-order valence-electron chi connectivity index (χ1n) is 20.2. The van der Waals surface area contributed by atoms with Gasteiger partial charge in [0.25, 0.3) is 6.47 Å². The fraction of sp³-hybridized carbons (Fsp3) is 0.533. The Hall–Kier alpha value is -4.25. The summed E-state index contributed by atoms with van der Waals surface area (Å²) in [6.07, 6.45) is 9.04. The highest BCUT2D eigenvalue weighted by atomic mass is 16.5. The van der Waals surface area contributed by atoms with E-state index in [1.54, 1.807) is 7.11 Å². The first-order valence-corrected chi connectivity index (χ1v) is 20.2. The van der Waals surface area contributed by atoms with Gasteiger partial charge in [0.2, 0.25) is 0 Å². The van der Waals surface area contributed by atoms with Gasteiger partial charge in [-0.2, -0.15) is 0 Å². The van der Waals surface area contributed by atoms with Gasteiger partial charge in [-0.1, -0.05) is 26.0 Å². The lowest BCUT2D eigenvalue weighted by atomic mass is 9.84. The predicted molar refractivity (Wildman–Crippen MR) is 218 cm³/mol. The number of aliphatic hydroxyl groups excluding tert-OH is 1. The van der Waals surface area contributed by atoms with Crippen LogP contribution in [0.3, 0.4) is 0 Å². The third kappa shape index (κ3) is 9.59. The zero-order chi connectivity index (χ0) is 39.1. The summed E-state index contributed by atoms with van der Waals surface area (Å²) in [6.45, 7) is 14.7. The van der Waals surface area contributed by atoms with Crippen molar-refractivity contribution in [2.75, 3.05) is 57.9 Å². The van der Waals surface area contributed by atoms with Crippen molar-refractivity contribution >= 4 is 29.3 Å². The zero-order valence-electron chi connectivity index (χ0n) is 33.4. The number of aromatic hydroxyl groups is 1. The molecule has 3 heterocycles. The van der Waals surface area contributed by atoms with E-state index in [4.69, 9.17) is 14.5 Å². The summed E-state index contributed by atoms with van der Waals surface area (Å²) in [6, 6.07) is 14.8. The van der Waals surface area contributed by atoms with Crippen LogP contribution in [0.25, 0.3) is 33.3 Å². The van der Waals surface area contributed by atoms with Crippen molar-refractivity contribution in [2.45, 2.75) is 85.3 Å². The Labute approximate surface area is 326 Å². The number of aryl methyl sites for hydroxylation is 2. The highest BCUT2D eigenvalue weighted by molar-refractivity contribution is 5.95. The van der Waals surface area contributed by atoms with Crippen molar-refractivity contribution in [3.8, 4) is 28.1 Å². The molecule has 6 rings (SSSR count). The highest BCUT2D eigenvalue weighted by Gasteiger charge is 2.35. The number of phenols is 1. The summed E-state index contributed by atoms with van der Waals surface area (Å²) in [5.41, 5.74) is 9.06. The van der Waals surface area contributed by atoms with E-state index in [2.05, 4.69) is 65.5 Å². The van der Waals surface area contributed by atoms with Gasteiger partial charge in [0.1, 0.15) is 12.0 Å². The first-order chi connectivity index (χ1) is 26.6. The molecule has 296 valence electrons. The molecule has 2 N–H and O–H groups in total. The average Bonchev–Trinajstić information content (AvgIpc) is 3.86. The first kappa shape index (κ1) is 40.4. The number of hydrogen-bond donors (Lipinski definition) is 2. The lowest BCUT2D eigenvalue weighted by Crippen LogP contribution is -2.46. The molecule has 1 aliphatic heterocycles. The molecular formula is C45H60N4O6. The molecule has 3 atom stereocenters. The number of methoxy groups -OCH3 is 1. The number of carbonyl (C=O) groups is 2. The molecule has 2 aromatic heterocycles. The molecule has 1 saturated heterocycles. The van der Waals surface area contributed by atoms with Gasteiger partial charge in [0, 0.05) is 81.3 Å².